The van der Waals surface area contributed by atoms with E-state index in [0.717, 1.165) is 24.8 Å². The highest BCUT2D eigenvalue weighted by Gasteiger charge is 2.41. The van der Waals surface area contributed by atoms with Gasteiger partial charge in [0.25, 0.3) is 0 Å². The number of sulfone groups is 1. The van der Waals surface area contributed by atoms with Crippen LogP contribution in [0.25, 0.3) is 0 Å². The molecule has 8 heteroatoms. The lowest BCUT2D eigenvalue weighted by Gasteiger charge is -2.13. The van der Waals surface area contributed by atoms with Crippen molar-refractivity contribution in [1.29, 1.82) is 0 Å². The number of ketones is 2. The van der Waals surface area contributed by atoms with E-state index in [-0.39, 0.29) is 27.2 Å². The number of nitrogens with zero attached hydrogens (tertiary/aromatic N) is 1. The van der Waals surface area contributed by atoms with E-state index in [9.17, 15) is 18.0 Å². The second kappa shape index (κ2) is 6.63. The zero-order chi connectivity index (χ0) is 18.4. The predicted octanol–water partition coefficient (Wildman–Crippen LogP) is 3.45. The molecule has 5 nitrogen and oxygen atoms in total. The summed E-state index contributed by atoms with van der Waals surface area (Å²) < 4.78 is 23.2. The van der Waals surface area contributed by atoms with Gasteiger partial charge in [0.2, 0.25) is 0 Å². The Balaban J connectivity index is 2.02. The summed E-state index contributed by atoms with van der Waals surface area (Å²) in [4.78, 5) is 30.0. The van der Waals surface area contributed by atoms with Crippen LogP contribution in [0.1, 0.15) is 39.8 Å². The third-order valence-corrected chi connectivity index (χ3v) is 6.49. The van der Waals surface area contributed by atoms with Gasteiger partial charge >= 0.3 is 0 Å². The number of carbonyl (C=O) groups is 2. The van der Waals surface area contributed by atoms with Crippen LogP contribution in [0.5, 0.6) is 0 Å². The lowest BCUT2D eigenvalue weighted by Crippen LogP contribution is -2.24. The van der Waals surface area contributed by atoms with E-state index in [1.165, 1.54) is 29.5 Å². The first-order chi connectivity index (χ1) is 11.7. The van der Waals surface area contributed by atoms with E-state index in [1.54, 1.807) is 12.3 Å². The van der Waals surface area contributed by atoms with Crippen LogP contribution < -0.4 is 0 Å². The standard InChI is InChI=1S/C17H16ClNO4S2/c1-9-8-24-17(19-9)14(15(20)10-3-4-10)16(21)12-6-5-11(7-13(12)18)25(2,22)23/h5-8,10,14H,3-4H2,1-2H3. The summed E-state index contributed by atoms with van der Waals surface area (Å²) in [6.07, 6.45) is 2.64. The number of aromatic nitrogens is 1. The van der Waals surface area contributed by atoms with Crippen molar-refractivity contribution in [3.63, 3.8) is 0 Å². The number of hydrogen-bond acceptors (Lipinski definition) is 6. The first-order valence-electron chi connectivity index (χ1n) is 7.68. The van der Waals surface area contributed by atoms with Crippen LogP contribution in [0.15, 0.2) is 28.5 Å². The van der Waals surface area contributed by atoms with E-state index in [4.69, 9.17) is 11.6 Å². The fourth-order valence-electron chi connectivity index (χ4n) is 2.55. The molecule has 0 aliphatic heterocycles. The molecule has 1 unspecified atom stereocenters. The number of rotatable bonds is 6. The van der Waals surface area contributed by atoms with Crippen molar-refractivity contribution in [3.8, 4) is 0 Å². The SMILES string of the molecule is Cc1csc(C(C(=O)c2ccc(S(C)(=O)=O)cc2Cl)C(=O)C2CC2)n1. The summed E-state index contributed by atoms with van der Waals surface area (Å²) in [5.74, 6) is -1.65. The van der Waals surface area contributed by atoms with Crippen LogP contribution in [0.2, 0.25) is 5.02 Å². The first-order valence-corrected chi connectivity index (χ1v) is 10.8. The van der Waals surface area contributed by atoms with Gasteiger partial charge in [0.15, 0.2) is 21.4 Å². The predicted molar refractivity (Wildman–Crippen MR) is 96.2 cm³/mol. The quantitative estimate of drug-likeness (QED) is 0.550. The highest BCUT2D eigenvalue weighted by atomic mass is 35.5. The van der Waals surface area contributed by atoms with Crippen molar-refractivity contribution < 1.29 is 18.0 Å². The fraction of sp³-hybridized carbons (Fsp3) is 0.353. The Bertz CT molecular complexity index is 961. The van der Waals surface area contributed by atoms with E-state index in [1.807, 2.05) is 0 Å². The molecule has 0 bridgehead atoms. The molecular formula is C17H16ClNO4S2. The summed E-state index contributed by atoms with van der Waals surface area (Å²) in [6, 6.07) is 3.95. The molecule has 1 aromatic heterocycles. The normalized spacial score (nSPS) is 15.8. The molecule has 1 aliphatic carbocycles. The van der Waals surface area contributed by atoms with Gasteiger partial charge in [0.05, 0.1) is 9.92 Å². The molecule has 1 fully saturated rings. The molecular weight excluding hydrogens is 382 g/mol. The Kier molecular flexibility index (Phi) is 4.83. The van der Waals surface area contributed by atoms with Crippen molar-refractivity contribution in [2.45, 2.75) is 30.6 Å². The van der Waals surface area contributed by atoms with Gasteiger partial charge in [0, 0.05) is 28.8 Å². The van der Waals surface area contributed by atoms with Gasteiger partial charge in [0.1, 0.15) is 10.9 Å². The maximum atomic E-state index is 13.0. The second-order valence-electron chi connectivity index (χ2n) is 6.21. The van der Waals surface area contributed by atoms with Crippen LogP contribution in [0.4, 0.5) is 0 Å². The van der Waals surface area contributed by atoms with Gasteiger partial charge in [-0.2, -0.15) is 0 Å². The van der Waals surface area contributed by atoms with Gasteiger partial charge < -0.3 is 0 Å². The maximum absolute atomic E-state index is 13.0. The number of benzene rings is 1. The molecule has 1 heterocycles. The number of Topliss-reactive ketones (excluding diaryl/α,β-unsaturated/α-hetero) is 2. The van der Waals surface area contributed by atoms with E-state index in [2.05, 4.69) is 4.98 Å². The van der Waals surface area contributed by atoms with Crippen molar-refractivity contribution >= 4 is 44.3 Å². The monoisotopic (exact) mass is 397 g/mol. The highest BCUT2D eigenvalue weighted by molar-refractivity contribution is 7.90. The molecule has 3 rings (SSSR count). The van der Waals surface area contributed by atoms with Crippen molar-refractivity contribution in [3.05, 3.63) is 44.9 Å². The van der Waals surface area contributed by atoms with Crippen LogP contribution in [-0.4, -0.2) is 31.2 Å². The van der Waals surface area contributed by atoms with Gasteiger partial charge in [-0.25, -0.2) is 13.4 Å². The van der Waals surface area contributed by atoms with Crippen molar-refractivity contribution in [2.24, 2.45) is 5.92 Å². The molecule has 1 aromatic carbocycles. The zero-order valence-corrected chi connectivity index (χ0v) is 16.0. The molecule has 2 aromatic rings. The number of hydrogen-bond donors (Lipinski definition) is 0. The molecule has 0 saturated heterocycles. The molecule has 1 atom stereocenters. The number of aryl methyl sites for hydroxylation is 1. The van der Waals surface area contributed by atoms with E-state index in [0.29, 0.717) is 5.01 Å². The number of thiazole rings is 1. The minimum atomic E-state index is -3.43. The summed E-state index contributed by atoms with van der Waals surface area (Å²) in [5.41, 5.74) is 0.890. The molecule has 0 radical (unpaired) electrons. The average Bonchev–Trinajstić information content (AvgIpc) is 3.29. The minimum Gasteiger partial charge on any atom is -0.298 e. The van der Waals surface area contributed by atoms with Crippen molar-refractivity contribution in [1.82, 2.24) is 4.98 Å². The average molecular weight is 398 g/mol. The van der Waals surface area contributed by atoms with Gasteiger partial charge in [-0.3, -0.25) is 9.59 Å². The Morgan fingerprint density at radius 1 is 1.32 bits per heavy atom. The molecule has 0 amide bonds. The Morgan fingerprint density at radius 2 is 2.00 bits per heavy atom. The third-order valence-electron chi connectivity index (χ3n) is 4.04. The van der Waals surface area contributed by atoms with E-state index >= 15 is 0 Å². The van der Waals surface area contributed by atoms with Gasteiger partial charge in [-0.1, -0.05) is 11.6 Å². The van der Waals surface area contributed by atoms with E-state index < -0.39 is 21.5 Å². The highest BCUT2D eigenvalue weighted by Crippen LogP contribution is 2.38. The molecule has 1 aliphatic rings. The number of halogens is 1. The Morgan fingerprint density at radius 3 is 2.48 bits per heavy atom. The summed E-state index contributed by atoms with van der Waals surface area (Å²) in [6.45, 7) is 1.80. The lowest BCUT2D eigenvalue weighted by molar-refractivity contribution is -0.120. The molecule has 25 heavy (non-hydrogen) atoms. The lowest BCUT2D eigenvalue weighted by atomic mass is 9.91. The first kappa shape index (κ1) is 18.2. The Labute approximate surface area is 155 Å². The molecule has 0 spiro atoms. The second-order valence-corrected chi connectivity index (χ2v) is 9.53. The molecule has 132 valence electrons. The summed E-state index contributed by atoms with van der Waals surface area (Å²) >= 11 is 7.43. The van der Waals surface area contributed by atoms with Crippen LogP contribution >= 0.6 is 22.9 Å². The topological polar surface area (TPSA) is 81.2 Å². The third kappa shape index (κ3) is 3.83. The Hall–Kier alpha value is -1.57. The van der Waals surface area contributed by atoms with Crippen molar-refractivity contribution in [2.75, 3.05) is 6.26 Å². The fourth-order valence-corrected chi connectivity index (χ4v) is 4.44. The van der Waals surface area contributed by atoms with Crippen LogP contribution in [0.3, 0.4) is 0 Å². The summed E-state index contributed by atoms with van der Waals surface area (Å²) in [7, 11) is -3.43. The molecule has 1 saturated carbocycles. The smallest absolute Gasteiger partial charge is 0.181 e. The summed E-state index contributed by atoms with van der Waals surface area (Å²) in [5, 5.41) is 2.28. The van der Waals surface area contributed by atoms with Crippen LogP contribution in [0, 0.1) is 12.8 Å². The van der Waals surface area contributed by atoms with Gasteiger partial charge in [-0.05, 0) is 38.0 Å². The minimum absolute atomic E-state index is 0.0230. The van der Waals surface area contributed by atoms with Crippen LogP contribution in [-0.2, 0) is 14.6 Å². The molecule has 0 N–H and O–H groups in total. The van der Waals surface area contributed by atoms with Gasteiger partial charge in [-0.15, -0.1) is 11.3 Å². The largest absolute Gasteiger partial charge is 0.298 e. The zero-order valence-electron chi connectivity index (χ0n) is 13.7. The number of carbonyl (C=O) groups excluding carboxylic acids is 2. The maximum Gasteiger partial charge on any atom is 0.181 e.